The summed E-state index contributed by atoms with van der Waals surface area (Å²) in [5, 5.41) is 12.1. The number of para-hydroxylation sites is 1. The van der Waals surface area contributed by atoms with Gasteiger partial charge >= 0.3 is 5.97 Å². The van der Waals surface area contributed by atoms with Crippen LogP contribution in [-0.4, -0.2) is 40.9 Å². The summed E-state index contributed by atoms with van der Waals surface area (Å²) < 4.78 is 0. The van der Waals surface area contributed by atoms with Crippen molar-refractivity contribution in [3.63, 3.8) is 0 Å². The smallest absolute Gasteiger partial charge is 0.307 e. The van der Waals surface area contributed by atoms with E-state index < -0.39 is 17.8 Å². The number of rotatable bonds is 4. The molecule has 2 N–H and O–H groups in total. The van der Waals surface area contributed by atoms with Gasteiger partial charge in [-0.2, -0.15) is 0 Å². The summed E-state index contributed by atoms with van der Waals surface area (Å²) in [6.45, 7) is 1.46. The molecule has 6 heteroatoms. The van der Waals surface area contributed by atoms with Gasteiger partial charge in [-0.15, -0.1) is 0 Å². The average molecular weight is 342 g/mol. The van der Waals surface area contributed by atoms with Crippen LogP contribution in [0.5, 0.6) is 0 Å². The number of carbonyl (C=O) groups is 3. The highest BCUT2D eigenvalue weighted by molar-refractivity contribution is 6.04. The first kappa shape index (κ1) is 17.2. The summed E-state index contributed by atoms with van der Waals surface area (Å²) in [7, 11) is 0. The van der Waals surface area contributed by atoms with Crippen LogP contribution in [0.4, 0.5) is 5.69 Å². The Hall–Kier alpha value is -2.63. The maximum Gasteiger partial charge on any atom is 0.307 e. The van der Waals surface area contributed by atoms with E-state index in [1.807, 2.05) is 6.08 Å². The number of carboxylic acids is 1. The van der Waals surface area contributed by atoms with Crippen molar-refractivity contribution < 1.29 is 19.5 Å². The molecule has 1 aromatic rings. The molecule has 0 bridgehead atoms. The number of likely N-dealkylation sites (tertiary alicyclic amines) is 1. The highest BCUT2D eigenvalue weighted by atomic mass is 16.4. The molecule has 0 saturated carbocycles. The van der Waals surface area contributed by atoms with Gasteiger partial charge in [0.15, 0.2) is 0 Å². The summed E-state index contributed by atoms with van der Waals surface area (Å²) in [6, 6.07) is 6.91. The number of nitrogens with one attached hydrogen (secondary N) is 1. The fourth-order valence-electron chi connectivity index (χ4n) is 3.47. The zero-order valence-electron chi connectivity index (χ0n) is 14.0. The largest absolute Gasteiger partial charge is 0.481 e. The van der Waals surface area contributed by atoms with E-state index in [-0.39, 0.29) is 11.8 Å². The van der Waals surface area contributed by atoms with E-state index in [9.17, 15) is 19.5 Å². The molecule has 1 aliphatic heterocycles. The van der Waals surface area contributed by atoms with Gasteiger partial charge in [0.2, 0.25) is 5.91 Å². The van der Waals surface area contributed by atoms with E-state index in [4.69, 9.17) is 0 Å². The second kappa shape index (κ2) is 7.51. The first-order chi connectivity index (χ1) is 12.1. The van der Waals surface area contributed by atoms with Gasteiger partial charge in [0.25, 0.3) is 5.91 Å². The van der Waals surface area contributed by atoms with Gasteiger partial charge in [-0.25, -0.2) is 0 Å². The summed E-state index contributed by atoms with van der Waals surface area (Å²) in [5.41, 5.74) is 0.902. The fourth-order valence-corrected chi connectivity index (χ4v) is 3.47. The highest BCUT2D eigenvalue weighted by Crippen LogP contribution is 2.28. The number of allylic oxidation sites excluding steroid dienone is 2. The van der Waals surface area contributed by atoms with Gasteiger partial charge in [0.1, 0.15) is 0 Å². The lowest BCUT2D eigenvalue weighted by molar-refractivity contribution is -0.146. The molecule has 0 radical (unpaired) electrons. The van der Waals surface area contributed by atoms with E-state index >= 15 is 0 Å². The van der Waals surface area contributed by atoms with Crippen molar-refractivity contribution in [1.29, 1.82) is 0 Å². The van der Waals surface area contributed by atoms with Crippen molar-refractivity contribution >= 4 is 23.5 Å². The molecule has 0 aromatic heterocycles. The molecule has 0 unspecified atom stereocenters. The predicted molar refractivity (Wildman–Crippen MR) is 93.2 cm³/mol. The van der Waals surface area contributed by atoms with Crippen molar-refractivity contribution in [2.24, 2.45) is 11.8 Å². The zero-order chi connectivity index (χ0) is 17.8. The molecule has 132 valence electrons. The quantitative estimate of drug-likeness (QED) is 0.823. The average Bonchev–Trinajstić information content (AvgIpc) is 3.16. The molecule has 0 spiro atoms. The zero-order valence-corrected chi connectivity index (χ0v) is 14.0. The van der Waals surface area contributed by atoms with Gasteiger partial charge in [0, 0.05) is 13.1 Å². The van der Waals surface area contributed by atoms with Gasteiger partial charge in [-0.3, -0.25) is 14.4 Å². The van der Waals surface area contributed by atoms with Crippen molar-refractivity contribution in [3.8, 4) is 0 Å². The van der Waals surface area contributed by atoms with E-state index in [1.165, 1.54) is 0 Å². The molecule has 1 aliphatic carbocycles. The maximum absolute atomic E-state index is 12.7. The molecule has 1 fully saturated rings. The second-order valence-electron chi connectivity index (χ2n) is 6.53. The molecule has 25 heavy (non-hydrogen) atoms. The summed E-state index contributed by atoms with van der Waals surface area (Å²) in [4.78, 5) is 38.5. The number of aliphatic carboxylic acids is 1. The lowest BCUT2D eigenvalue weighted by atomic mass is 9.82. The lowest BCUT2D eigenvalue weighted by Crippen LogP contribution is -2.35. The number of benzene rings is 1. The SMILES string of the molecule is O=C(Nc1ccccc1C(=O)N1CCCC1)[C@H]1CC=CC[C@H]1C(=O)O. The maximum atomic E-state index is 12.7. The molecular weight excluding hydrogens is 320 g/mol. The van der Waals surface area contributed by atoms with Crippen LogP contribution in [0.3, 0.4) is 0 Å². The topological polar surface area (TPSA) is 86.7 Å². The van der Waals surface area contributed by atoms with Crippen molar-refractivity contribution in [3.05, 3.63) is 42.0 Å². The molecule has 2 amide bonds. The van der Waals surface area contributed by atoms with Crippen LogP contribution in [0.2, 0.25) is 0 Å². The minimum absolute atomic E-state index is 0.0910. The van der Waals surface area contributed by atoms with Crippen LogP contribution in [0, 0.1) is 11.8 Å². The minimum Gasteiger partial charge on any atom is -0.481 e. The Balaban J connectivity index is 1.78. The number of carboxylic acid groups (broad SMARTS) is 1. The van der Waals surface area contributed by atoms with Crippen LogP contribution in [0.25, 0.3) is 0 Å². The number of hydrogen-bond acceptors (Lipinski definition) is 3. The van der Waals surface area contributed by atoms with Crippen molar-refractivity contribution in [2.75, 3.05) is 18.4 Å². The van der Waals surface area contributed by atoms with Crippen LogP contribution >= 0.6 is 0 Å². The van der Waals surface area contributed by atoms with E-state index in [0.717, 1.165) is 25.9 Å². The minimum atomic E-state index is -0.967. The summed E-state index contributed by atoms with van der Waals surface area (Å²) in [6.07, 6.45) is 6.37. The molecule has 6 nitrogen and oxygen atoms in total. The van der Waals surface area contributed by atoms with Crippen LogP contribution in [-0.2, 0) is 9.59 Å². The van der Waals surface area contributed by atoms with Gasteiger partial charge in [-0.1, -0.05) is 24.3 Å². The Kier molecular flexibility index (Phi) is 5.16. The standard InChI is InChI=1S/C19H22N2O4/c22-17(13-7-1-2-8-14(13)19(24)25)20-16-10-4-3-9-15(16)18(23)21-11-5-6-12-21/h1-4,9-10,13-14H,5-8,11-12H2,(H,20,22)(H,24,25)/t13-,14+/m0/s1. The van der Waals surface area contributed by atoms with Crippen molar-refractivity contribution in [1.82, 2.24) is 4.90 Å². The van der Waals surface area contributed by atoms with Crippen LogP contribution < -0.4 is 5.32 Å². The lowest BCUT2D eigenvalue weighted by Gasteiger charge is -2.25. The summed E-state index contributed by atoms with van der Waals surface area (Å²) >= 11 is 0. The number of nitrogens with zero attached hydrogens (tertiary/aromatic N) is 1. The highest BCUT2D eigenvalue weighted by Gasteiger charge is 2.34. The van der Waals surface area contributed by atoms with Gasteiger partial charge in [0.05, 0.1) is 23.1 Å². The molecule has 1 heterocycles. The number of anilines is 1. The molecule has 2 aliphatic rings. The number of carbonyl (C=O) groups excluding carboxylic acids is 2. The fraction of sp³-hybridized carbons (Fsp3) is 0.421. The first-order valence-electron chi connectivity index (χ1n) is 8.65. The van der Waals surface area contributed by atoms with Gasteiger partial charge < -0.3 is 15.3 Å². The monoisotopic (exact) mass is 342 g/mol. The number of amides is 2. The second-order valence-corrected chi connectivity index (χ2v) is 6.53. The summed E-state index contributed by atoms with van der Waals surface area (Å²) in [5.74, 6) is -2.76. The first-order valence-corrected chi connectivity index (χ1v) is 8.65. The third-order valence-corrected chi connectivity index (χ3v) is 4.89. The van der Waals surface area contributed by atoms with E-state index in [2.05, 4.69) is 5.32 Å². The molecule has 2 atom stereocenters. The Labute approximate surface area is 146 Å². The third kappa shape index (κ3) is 3.73. The normalized spacial score (nSPS) is 22.6. The van der Waals surface area contributed by atoms with Crippen LogP contribution in [0.1, 0.15) is 36.0 Å². The van der Waals surface area contributed by atoms with Crippen LogP contribution in [0.15, 0.2) is 36.4 Å². The predicted octanol–water partition coefficient (Wildman–Crippen LogP) is 2.53. The number of hydrogen-bond donors (Lipinski definition) is 2. The molecule has 1 saturated heterocycles. The van der Waals surface area contributed by atoms with E-state index in [1.54, 1.807) is 35.2 Å². The molecule has 3 rings (SSSR count). The molecule has 1 aromatic carbocycles. The van der Waals surface area contributed by atoms with E-state index in [0.29, 0.717) is 24.1 Å². The van der Waals surface area contributed by atoms with Gasteiger partial charge in [-0.05, 0) is 37.8 Å². The Morgan fingerprint density at radius 3 is 2.32 bits per heavy atom. The third-order valence-electron chi connectivity index (χ3n) is 4.89. The van der Waals surface area contributed by atoms with Crippen molar-refractivity contribution in [2.45, 2.75) is 25.7 Å². The Morgan fingerprint density at radius 1 is 1.00 bits per heavy atom. The Bertz CT molecular complexity index is 707. The molecular formula is C19H22N2O4. The Morgan fingerprint density at radius 2 is 1.64 bits per heavy atom.